The summed E-state index contributed by atoms with van der Waals surface area (Å²) in [7, 11) is 0. The van der Waals surface area contributed by atoms with Crippen LogP contribution in [0.5, 0.6) is 0 Å². The molecule has 0 aliphatic rings. The van der Waals surface area contributed by atoms with Crippen LogP contribution in [0.15, 0.2) is 18.2 Å². The van der Waals surface area contributed by atoms with Crippen molar-refractivity contribution in [2.45, 2.75) is 32.9 Å². The van der Waals surface area contributed by atoms with Crippen LogP contribution in [0.2, 0.25) is 5.02 Å². The van der Waals surface area contributed by atoms with Crippen LogP contribution in [-0.4, -0.2) is 5.54 Å². The third-order valence-electron chi connectivity index (χ3n) is 1.78. The maximum Gasteiger partial charge on any atom is 0.0640 e. The molecule has 0 saturated carbocycles. The van der Waals surface area contributed by atoms with Gasteiger partial charge < -0.3 is 11.1 Å². The summed E-state index contributed by atoms with van der Waals surface area (Å²) in [6, 6.07) is 5.85. The fourth-order valence-corrected chi connectivity index (χ4v) is 1.44. The summed E-state index contributed by atoms with van der Waals surface area (Å²) in [5.74, 6) is 0. The molecule has 1 rings (SSSR count). The van der Waals surface area contributed by atoms with Crippen LogP contribution in [0.25, 0.3) is 0 Å². The van der Waals surface area contributed by atoms with E-state index in [0.29, 0.717) is 6.54 Å². The van der Waals surface area contributed by atoms with Gasteiger partial charge in [0, 0.05) is 12.1 Å². The van der Waals surface area contributed by atoms with Gasteiger partial charge in [0.25, 0.3) is 0 Å². The van der Waals surface area contributed by atoms with Gasteiger partial charge in [0.1, 0.15) is 0 Å². The van der Waals surface area contributed by atoms with Crippen LogP contribution < -0.4 is 11.1 Å². The minimum atomic E-state index is 0.0217. The van der Waals surface area contributed by atoms with E-state index in [1.807, 2.05) is 18.2 Å². The Balaban J connectivity index is 2.89. The summed E-state index contributed by atoms with van der Waals surface area (Å²) >= 11 is 6.10. The molecule has 2 nitrogen and oxygen atoms in total. The Labute approximate surface area is 90.4 Å². The Kier molecular flexibility index (Phi) is 3.40. The molecule has 0 aliphatic carbocycles. The van der Waals surface area contributed by atoms with E-state index in [4.69, 9.17) is 17.3 Å². The van der Waals surface area contributed by atoms with Gasteiger partial charge in [0.05, 0.1) is 10.7 Å². The van der Waals surface area contributed by atoms with E-state index in [9.17, 15) is 0 Å². The van der Waals surface area contributed by atoms with Crippen LogP contribution in [0.4, 0.5) is 5.69 Å². The van der Waals surface area contributed by atoms with Crippen molar-refractivity contribution in [3.63, 3.8) is 0 Å². The van der Waals surface area contributed by atoms with Crippen LogP contribution in [0.1, 0.15) is 26.3 Å². The quantitative estimate of drug-likeness (QED) is 0.791. The largest absolute Gasteiger partial charge is 0.379 e. The maximum atomic E-state index is 6.10. The van der Waals surface area contributed by atoms with Crippen LogP contribution in [0.3, 0.4) is 0 Å². The van der Waals surface area contributed by atoms with Crippen molar-refractivity contribution in [1.82, 2.24) is 0 Å². The average molecular weight is 213 g/mol. The fraction of sp³-hybridized carbons (Fsp3) is 0.455. The first kappa shape index (κ1) is 11.3. The molecule has 0 aliphatic heterocycles. The van der Waals surface area contributed by atoms with Gasteiger partial charge >= 0.3 is 0 Å². The lowest BCUT2D eigenvalue weighted by Gasteiger charge is -2.23. The zero-order valence-electron chi connectivity index (χ0n) is 8.89. The molecule has 1 aromatic rings. The summed E-state index contributed by atoms with van der Waals surface area (Å²) in [5.41, 5.74) is 7.54. The molecule has 0 unspecified atom stereocenters. The van der Waals surface area contributed by atoms with Gasteiger partial charge in [-0.25, -0.2) is 0 Å². The van der Waals surface area contributed by atoms with Gasteiger partial charge in [-0.1, -0.05) is 17.7 Å². The smallest absolute Gasteiger partial charge is 0.0640 e. The number of halogens is 1. The van der Waals surface area contributed by atoms with Crippen molar-refractivity contribution in [3.05, 3.63) is 28.8 Å². The van der Waals surface area contributed by atoms with Crippen molar-refractivity contribution in [2.24, 2.45) is 5.73 Å². The van der Waals surface area contributed by atoms with E-state index >= 15 is 0 Å². The normalized spacial score (nSPS) is 11.5. The number of benzene rings is 1. The highest BCUT2D eigenvalue weighted by Crippen LogP contribution is 2.25. The molecule has 3 N–H and O–H groups in total. The van der Waals surface area contributed by atoms with Crippen molar-refractivity contribution in [2.75, 3.05) is 5.32 Å². The first-order chi connectivity index (χ1) is 6.42. The second kappa shape index (κ2) is 4.20. The van der Waals surface area contributed by atoms with E-state index in [0.717, 1.165) is 16.3 Å². The molecule has 0 bridgehead atoms. The standard InChI is InChI=1S/C11H17ClN2/c1-11(2,3)14-10-5-4-8(7-13)6-9(10)12/h4-6,14H,7,13H2,1-3H3. The van der Waals surface area contributed by atoms with Crippen LogP contribution in [-0.2, 0) is 6.54 Å². The van der Waals surface area contributed by atoms with E-state index in [2.05, 4.69) is 26.1 Å². The highest BCUT2D eigenvalue weighted by Gasteiger charge is 2.11. The van der Waals surface area contributed by atoms with Crippen molar-refractivity contribution in [3.8, 4) is 0 Å². The number of hydrogen-bond donors (Lipinski definition) is 2. The Bertz CT molecular complexity index is 316. The number of hydrogen-bond acceptors (Lipinski definition) is 2. The molecule has 0 aromatic heterocycles. The van der Waals surface area contributed by atoms with E-state index < -0.39 is 0 Å². The van der Waals surface area contributed by atoms with Crippen molar-refractivity contribution >= 4 is 17.3 Å². The lowest BCUT2D eigenvalue weighted by Crippen LogP contribution is -2.26. The molecule has 78 valence electrons. The third-order valence-corrected chi connectivity index (χ3v) is 2.09. The molecule has 3 heteroatoms. The van der Waals surface area contributed by atoms with E-state index in [1.54, 1.807) is 0 Å². The van der Waals surface area contributed by atoms with Crippen LogP contribution >= 0.6 is 11.6 Å². The van der Waals surface area contributed by atoms with Gasteiger partial charge in [0.15, 0.2) is 0 Å². The molecule has 1 aromatic carbocycles. The van der Waals surface area contributed by atoms with E-state index in [-0.39, 0.29) is 5.54 Å². The monoisotopic (exact) mass is 212 g/mol. The first-order valence-electron chi connectivity index (χ1n) is 4.69. The fourth-order valence-electron chi connectivity index (χ4n) is 1.19. The Morgan fingerprint density at radius 1 is 1.36 bits per heavy atom. The third kappa shape index (κ3) is 3.20. The van der Waals surface area contributed by atoms with Gasteiger partial charge in [-0.05, 0) is 38.5 Å². The molecule has 14 heavy (non-hydrogen) atoms. The van der Waals surface area contributed by atoms with Gasteiger partial charge in [-0.15, -0.1) is 0 Å². The summed E-state index contributed by atoms with van der Waals surface area (Å²) in [6.45, 7) is 6.82. The molecule has 0 radical (unpaired) electrons. The summed E-state index contributed by atoms with van der Waals surface area (Å²) in [6.07, 6.45) is 0. The topological polar surface area (TPSA) is 38.0 Å². The predicted octanol–water partition coefficient (Wildman–Crippen LogP) is 3.01. The van der Waals surface area contributed by atoms with Crippen molar-refractivity contribution in [1.29, 1.82) is 0 Å². The highest BCUT2D eigenvalue weighted by molar-refractivity contribution is 6.33. The molecule has 0 atom stereocenters. The SMILES string of the molecule is CC(C)(C)Nc1ccc(CN)cc1Cl. The average Bonchev–Trinajstić information content (AvgIpc) is 2.06. The molecule has 0 saturated heterocycles. The minimum absolute atomic E-state index is 0.0217. The molecule has 0 amide bonds. The second-order valence-corrected chi connectivity index (χ2v) is 4.80. The van der Waals surface area contributed by atoms with E-state index in [1.165, 1.54) is 0 Å². The first-order valence-corrected chi connectivity index (χ1v) is 5.07. The summed E-state index contributed by atoms with van der Waals surface area (Å²) in [4.78, 5) is 0. The molecule has 0 spiro atoms. The van der Waals surface area contributed by atoms with Gasteiger partial charge in [0.2, 0.25) is 0 Å². The Morgan fingerprint density at radius 3 is 2.43 bits per heavy atom. The molecular formula is C11H17ClN2. The number of rotatable bonds is 2. The second-order valence-electron chi connectivity index (χ2n) is 4.39. The minimum Gasteiger partial charge on any atom is -0.379 e. The number of nitrogens with two attached hydrogens (primary N) is 1. The lowest BCUT2D eigenvalue weighted by atomic mass is 10.1. The Hall–Kier alpha value is -0.730. The van der Waals surface area contributed by atoms with Gasteiger partial charge in [-0.2, -0.15) is 0 Å². The molecule has 0 heterocycles. The summed E-state index contributed by atoms with van der Waals surface area (Å²) < 4.78 is 0. The summed E-state index contributed by atoms with van der Waals surface area (Å²) in [5, 5.41) is 4.05. The zero-order valence-corrected chi connectivity index (χ0v) is 9.65. The highest BCUT2D eigenvalue weighted by atomic mass is 35.5. The van der Waals surface area contributed by atoms with Crippen molar-refractivity contribution < 1.29 is 0 Å². The van der Waals surface area contributed by atoms with Crippen LogP contribution in [0, 0.1) is 0 Å². The number of nitrogens with one attached hydrogen (secondary N) is 1. The molecular weight excluding hydrogens is 196 g/mol. The lowest BCUT2D eigenvalue weighted by molar-refractivity contribution is 0.634. The zero-order chi connectivity index (χ0) is 10.8. The predicted molar refractivity (Wildman–Crippen MR) is 62.7 cm³/mol. The maximum absolute atomic E-state index is 6.10. The molecule has 0 fully saturated rings. The number of anilines is 1. The Morgan fingerprint density at radius 2 is 2.00 bits per heavy atom. The van der Waals surface area contributed by atoms with Gasteiger partial charge in [-0.3, -0.25) is 0 Å².